The van der Waals surface area contributed by atoms with Crippen molar-refractivity contribution in [3.05, 3.63) is 34.6 Å². The van der Waals surface area contributed by atoms with Crippen molar-refractivity contribution >= 4 is 11.6 Å². The molecule has 2 rings (SSSR count). The van der Waals surface area contributed by atoms with E-state index in [4.69, 9.17) is 11.6 Å². The van der Waals surface area contributed by atoms with Crippen LogP contribution in [0.3, 0.4) is 0 Å². The van der Waals surface area contributed by atoms with Gasteiger partial charge in [0.15, 0.2) is 5.82 Å². The lowest BCUT2D eigenvalue weighted by molar-refractivity contribution is -0.00688. The van der Waals surface area contributed by atoms with Gasteiger partial charge in [-0.3, -0.25) is 0 Å². The van der Waals surface area contributed by atoms with E-state index in [1.165, 1.54) is 12.1 Å². The predicted octanol–water partition coefficient (Wildman–Crippen LogP) is 3.32. The van der Waals surface area contributed by atoms with Crippen LogP contribution in [-0.2, 0) is 5.92 Å². The van der Waals surface area contributed by atoms with Crippen LogP contribution in [0.15, 0.2) is 18.2 Å². The molecule has 1 saturated carbocycles. The van der Waals surface area contributed by atoms with E-state index < -0.39 is 23.8 Å². The van der Waals surface area contributed by atoms with Crippen molar-refractivity contribution in [2.45, 2.75) is 24.8 Å². The van der Waals surface area contributed by atoms with Gasteiger partial charge in [-0.2, -0.15) is 8.78 Å². The first-order valence-corrected chi connectivity index (χ1v) is 5.44. The molecule has 0 unspecified atom stereocenters. The van der Waals surface area contributed by atoms with Crippen LogP contribution in [0.25, 0.3) is 0 Å². The lowest BCUT2D eigenvalue weighted by Crippen LogP contribution is -2.32. The Morgan fingerprint density at radius 3 is 2.69 bits per heavy atom. The fourth-order valence-electron chi connectivity index (χ4n) is 1.44. The number of hydrogen-bond donors (Lipinski definition) is 1. The summed E-state index contributed by atoms with van der Waals surface area (Å²) >= 11 is 5.47. The molecular weight excluding hydrogens is 239 g/mol. The normalized spacial score (nSPS) is 16.5. The molecule has 88 valence electrons. The zero-order chi connectivity index (χ0) is 11.8. The van der Waals surface area contributed by atoms with Gasteiger partial charge in [-0.1, -0.05) is 17.7 Å². The highest BCUT2D eigenvalue weighted by molar-refractivity contribution is 6.30. The average Bonchev–Trinajstić information content (AvgIpc) is 3.03. The van der Waals surface area contributed by atoms with Crippen molar-refractivity contribution in [3.8, 4) is 0 Å². The minimum absolute atomic E-state index is 0.160. The number of hydrogen-bond acceptors (Lipinski definition) is 1. The molecule has 5 heteroatoms. The molecule has 16 heavy (non-hydrogen) atoms. The Labute approximate surface area is 96.6 Å². The number of rotatable bonds is 4. The summed E-state index contributed by atoms with van der Waals surface area (Å²) in [5.41, 5.74) is -0.645. The highest BCUT2D eigenvalue weighted by Crippen LogP contribution is 2.33. The number of alkyl halides is 2. The second-order valence-corrected chi connectivity index (χ2v) is 4.37. The number of benzene rings is 1. The van der Waals surface area contributed by atoms with Gasteiger partial charge in [0, 0.05) is 6.04 Å². The zero-order valence-corrected chi connectivity index (χ0v) is 9.20. The maximum absolute atomic E-state index is 13.6. The number of nitrogens with one attached hydrogen (secondary N) is 1. The molecule has 0 atom stereocenters. The first-order valence-electron chi connectivity index (χ1n) is 5.06. The van der Waals surface area contributed by atoms with E-state index in [0.717, 1.165) is 18.9 Å². The molecule has 1 aliphatic carbocycles. The van der Waals surface area contributed by atoms with Gasteiger partial charge >= 0.3 is 0 Å². The Balaban J connectivity index is 2.16. The molecule has 1 fully saturated rings. The van der Waals surface area contributed by atoms with E-state index in [1.54, 1.807) is 0 Å². The quantitative estimate of drug-likeness (QED) is 0.863. The molecule has 1 aliphatic rings. The van der Waals surface area contributed by atoms with Crippen molar-refractivity contribution in [2.75, 3.05) is 6.54 Å². The summed E-state index contributed by atoms with van der Waals surface area (Å²) in [6, 6.07) is 3.81. The maximum atomic E-state index is 13.6. The zero-order valence-electron chi connectivity index (χ0n) is 8.44. The van der Waals surface area contributed by atoms with E-state index in [0.29, 0.717) is 0 Å². The van der Waals surface area contributed by atoms with Crippen LogP contribution in [0.2, 0.25) is 5.02 Å². The Bertz CT molecular complexity index is 391. The summed E-state index contributed by atoms with van der Waals surface area (Å²) in [5.74, 6) is -4.26. The summed E-state index contributed by atoms with van der Waals surface area (Å²) in [6.45, 7) is -0.547. The Morgan fingerprint density at radius 2 is 2.06 bits per heavy atom. The Kier molecular flexibility index (Phi) is 3.13. The monoisotopic (exact) mass is 249 g/mol. The lowest BCUT2D eigenvalue weighted by atomic mass is 10.1. The highest BCUT2D eigenvalue weighted by Gasteiger charge is 2.36. The molecular formula is C11H11ClF3N. The molecule has 0 heterocycles. The summed E-state index contributed by atoms with van der Waals surface area (Å²) in [6.07, 6.45) is 1.82. The topological polar surface area (TPSA) is 12.0 Å². The minimum atomic E-state index is -3.22. The summed E-state index contributed by atoms with van der Waals surface area (Å²) in [5, 5.41) is 2.41. The van der Waals surface area contributed by atoms with Gasteiger partial charge in [-0.05, 0) is 25.0 Å². The van der Waals surface area contributed by atoms with E-state index in [9.17, 15) is 13.2 Å². The maximum Gasteiger partial charge on any atom is 0.288 e. The Morgan fingerprint density at radius 1 is 1.38 bits per heavy atom. The second-order valence-electron chi connectivity index (χ2n) is 3.96. The van der Waals surface area contributed by atoms with E-state index in [-0.39, 0.29) is 11.1 Å². The van der Waals surface area contributed by atoms with E-state index >= 15 is 0 Å². The van der Waals surface area contributed by atoms with Gasteiger partial charge in [-0.25, -0.2) is 4.39 Å². The molecule has 0 saturated heterocycles. The minimum Gasteiger partial charge on any atom is -0.308 e. The summed E-state index contributed by atoms with van der Waals surface area (Å²) in [7, 11) is 0. The van der Waals surface area contributed by atoms with Gasteiger partial charge in [0.25, 0.3) is 5.92 Å². The lowest BCUT2D eigenvalue weighted by Gasteiger charge is -2.18. The van der Waals surface area contributed by atoms with Crippen LogP contribution in [0.1, 0.15) is 18.4 Å². The van der Waals surface area contributed by atoms with Gasteiger partial charge in [-0.15, -0.1) is 0 Å². The molecule has 1 aromatic rings. The SMILES string of the molecule is Fc1c(Cl)cccc1C(F)(F)CNC1CC1. The molecule has 0 bridgehead atoms. The van der Waals surface area contributed by atoms with Crippen molar-refractivity contribution in [1.29, 1.82) is 0 Å². The van der Waals surface area contributed by atoms with E-state index in [1.807, 2.05) is 0 Å². The number of halogens is 4. The van der Waals surface area contributed by atoms with E-state index in [2.05, 4.69) is 5.32 Å². The van der Waals surface area contributed by atoms with Crippen molar-refractivity contribution in [3.63, 3.8) is 0 Å². The van der Waals surface area contributed by atoms with Crippen LogP contribution in [-0.4, -0.2) is 12.6 Å². The molecule has 0 amide bonds. The van der Waals surface area contributed by atoms with Crippen molar-refractivity contribution < 1.29 is 13.2 Å². The van der Waals surface area contributed by atoms with Gasteiger partial charge in [0.1, 0.15) is 0 Å². The summed E-state index contributed by atoms with van der Waals surface area (Å²) < 4.78 is 40.6. The molecule has 1 aromatic carbocycles. The third-order valence-corrected chi connectivity index (χ3v) is 2.83. The van der Waals surface area contributed by atoms with Crippen molar-refractivity contribution in [2.24, 2.45) is 0 Å². The largest absolute Gasteiger partial charge is 0.308 e. The molecule has 0 spiro atoms. The molecule has 1 N–H and O–H groups in total. The molecule has 0 aromatic heterocycles. The van der Waals surface area contributed by atoms with Crippen LogP contribution in [0.4, 0.5) is 13.2 Å². The molecule has 1 nitrogen and oxygen atoms in total. The highest BCUT2D eigenvalue weighted by atomic mass is 35.5. The third-order valence-electron chi connectivity index (χ3n) is 2.54. The first kappa shape index (κ1) is 11.7. The van der Waals surface area contributed by atoms with Crippen LogP contribution >= 0.6 is 11.6 Å². The van der Waals surface area contributed by atoms with Crippen LogP contribution < -0.4 is 5.32 Å². The predicted molar refractivity (Wildman–Crippen MR) is 56.3 cm³/mol. The third kappa shape index (κ3) is 2.50. The summed E-state index contributed by atoms with van der Waals surface area (Å²) in [4.78, 5) is 0. The Hall–Kier alpha value is -0.740. The first-order chi connectivity index (χ1) is 7.50. The molecule has 0 radical (unpaired) electrons. The van der Waals surface area contributed by atoms with Crippen LogP contribution in [0.5, 0.6) is 0 Å². The average molecular weight is 250 g/mol. The molecule has 0 aliphatic heterocycles. The van der Waals surface area contributed by atoms with Gasteiger partial charge in [0.05, 0.1) is 17.1 Å². The fourth-order valence-corrected chi connectivity index (χ4v) is 1.62. The standard InChI is InChI=1S/C11H11ClF3N/c12-9-3-1-2-8(10(9)13)11(14,15)6-16-7-4-5-7/h1-3,7,16H,4-6H2. The van der Waals surface area contributed by atoms with Crippen molar-refractivity contribution in [1.82, 2.24) is 5.32 Å². The second kappa shape index (κ2) is 4.26. The van der Waals surface area contributed by atoms with Gasteiger partial charge in [0.2, 0.25) is 0 Å². The fraction of sp³-hybridized carbons (Fsp3) is 0.455. The van der Waals surface area contributed by atoms with Gasteiger partial charge < -0.3 is 5.32 Å². The smallest absolute Gasteiger partial charge is 0.288 e. The van der Waals surface area contributed by atoms with Crippen LogP contribution in [0, 0.1) is 5.82 Å².